The van der Waals surface area contributed by atoms with Crippen LogP contribution in [0, 0.1) is 0 Å². The summed E-state index contributed by atoms with van der Waals surface area (Å²) < 4.78 is 0. The highest BCUT2D eigenvalue weighted by atomic mass is 16.2. The first-order valence-electron chi connectivity index (χ1n) is 8.27. The smallest absolute Gasteiger partial charge is 0.233 e. The molecule has 0 aromatic heterocycles. The lowest BCUT2D eigenvalue weighted by atomic mass is 10.0. The van der Waals surface area contributed by atoms with Crippen molar-refractivity contribution < 1.29 is 9.59 Å². The maximum Gasteiger partial charge on any atom is 0.233 e. The molecule has 2 aromatic rings. The van der Waals surface area contributed by atoms with Crippen LogP contribution in [0.3, 0.4) is 0 Å². The van der Waals surface area contributed by atoms with Crippen LogP contribution in [-0.2, 0) is 16.0 Å². The van der Waals surface area contributed by atoms with Gasteiger partial charge in [0, 0.05) is 11.4 Å². The second-order valence-corrected chi connectivity index (χ2v) is 6.03. The Morgan fingerprint density at radius 2 is 1.42 bits per heavy atom. The van der Waals surface area contributed by atoms with Crippen molar-refractivity contribution in [3.63, 3.8) is 0 Å². The van der Waals surface area contributed by atoms with Gasteiger partial charge in [-0.25, -0.2) is 0 Å². The van der Waals surface area contributed by atoms with E-state index in [0.717, 1.165) is 28.9 Å². The molecule has 4 heteroatoms. The number of benzene rings is 2. The zero-order valence-electron chi connectivity index (χ0n) is 14.4. The van der Waals surface area contributed by atoms with Crippen molar-refractivity contribution in [3.8, 4) is 0 Å². The third-order valence-electron chi connectivity index (χ3n) is 3.85. The Morgan fingerprint density at radius 1 is 0.875 bits per heavy atom. The molecule has 0 aliphatic heterocycles. The van der Waals surface area contributed by atoms with Crippen LogP contribution in [0.2, 0.25) is 0 Å². The first-order valence-corrected chi connectivity index (χ1v) is 8.27. The topological polar surface area (TPSA) is 58.2 Å². The molecule has 0 aliphatic rings. The van der Waals surface area contributed by atoms with Gasteiger partial charge in [0.15, 0.2) is 0 Å². The number of rotatable bonds is 6. The molecule has 0 bridgehead atoms. The molecule has 0 saturated carbocycles. The molecule has 0 atom stereocenters. The second kappa shape index (κ2) is 8.29. The molecule has 126 valence electrons. The van der Waals surface area contributed by atoms with Crippen molar-refractivity contribution in [2.75, 3.05) is 10.6 Å². The molecule has 4 nitrogen and oxygen atoms in total. The van der Waals surface area contributed by atoms with Gasteiger partial charge in [0.2, 0.25) is 11.8 Å². The van der Waals surface area contributed by atoms with Crippen LogP contribution in [0.1, 0.15) is 44.2 Å². The molecule has 2 amide bonds. The lowest BCUT2D eigenvalue weighted by Crippen LogP contribution is -2.22. The highest BCUT2D eigenvalue weighted by molar-refractivity contribution is 6.08. The van der Waals surface area contributed by atoms with Crippen LogP contribution in [-0.4, -0.2) is 11.8 Å². The lowest BCUT2D eigenvalue weighted by molar-refractivity contribution is -0.123. The van der Waals surface area contributed by atoms with Crippen LogP contribution >= 0.6 is 0 Å². The Hall–Kier alpha value is -2.62. The lowest BCUT2D eigenvalue weighted by Gasteiger charge is -2.14. The van der Waals surface area contributed by atoms with Crippen molar-refractivity contribution in [3.05, 3.63) is 59.7 Å². The maximum atomic E-state index is 12.2. The van der Waals surface area contributed by atoms with Crippen LogP contribution < -0.4 is 10.6 Å². The molecular formula is C20H24N2O2. The van der Waals surface area contributed by atoms with E-state index in [1.54, 1.807) is 0 Å². The summed E-state index contributed by atoms with van der Waals surface area (Å²) in [7, 11) is 0. The van der Waals surface area contributed by atoms with E-state index >= 15 is 0 Å². The molecule has 24 heavy (non-hydrogen) atoms. The van der Waals surface area contributed by atoms with Crippen LogP contribution in [0.25, 0.3) is 0 Å². The SMILES string of the molecule is CCc1ccccc1NC(=O)CC(=O)Nc1ccccc1C(C)C. The van der Waals surface area contributed by atoms with E-state index in [-0.39, 0.29) is 18.2 Å². The third kappa shape index (κ3) is 4.69. The highest BCUT2D eigenvalue weighted by Gasteiger charge is 2.13. The summed E-state index contributed by atoms with van der Waals surface area (Å²) >= 11 is 0. The molecule has 0 spiro atoms. The summed E-state index contributed by atoms with van der Waals surface area (Å²) in [4.78, 5) is 24.3. The van der Waals surface area contributed by atoms with Crippen molar-refractivity contribution >= 4 is 23.2 Å². The summed E-state index contributed by atoms with van der Waals surface area (Å²) in [5.41, 5.74) is 3.64. The van der Waals surface area contributed by atoms with Gasteiger partial charge in [-0.3, -0.25) is 9.59 Å². The average molecular weight is 324 g/mol. The Bertz CT molecular complexity index is 723. The van der Waals surface area contributed by atoms with Gasteiger partial charge < -0.3 is 10.6 Å². The van der Waals surface area contributed by atoms with Crippen LogP contribution in [0.4, 0.5) is 11.4 Å². The third-order valence-corrected chi connectivity index (χ3v) is 3.85. The summed E-state index contributed by atoms with van der Waals surface area (Å²) in [5.74, 6) is -0.322. The number of anilines is 2. The van der Waals surface area contributed by atoms with Crippen molar-refractivity contribution in [1.29, 1.82) is 0 Å². The van der Waals surface area contributed by atoms with Gasteiger partial charge in [0.05, 0.1) is 0 Å². The Labute approximate surface area is 143 Å². The molecule has 2 rings (SSSR count). The normalized spacial score (nSPS) is 10.5. The van der Waals surface area contributed by atoms with Gasteiger partial charge in [-0.2, -0.15) is 0 Å². The fourth-order valence-electron chi connectivity index (χ4n) is 2.60. The van der Waals surface area contributed by atoms with Gasteiger partial charge in [0.1, 0.15) is 6.42 Å². The minimum absolute atomic E-state index is 0.204. The number of carbonyl (C=O) groups excluding carboxylic acids is 2. The standard InChI is InChI=1S/C20H24N2O2/c1-4-15-9-5-7-11-17(15)21-19(23)13-20(24)22-18-12-8-6-10-16(18)14(2)3/h5-12,14H,4,13H2,1-3H3,(H,21,23)(H,22,24). The number of hydrogen-bond donors (Lipinski definition) is 2. The molecule has 2 aromatic carbocycles. The first-order chi connectivity index (χ1) is 11.5. The highest BCUT2D eigenvalue weighted by Crippen LogP contribution is 2.23. The van der Waals surface area contributed by atoms with Crippen LogP contribution in [0.5, 0.6) is 0 Å². The van der Waals surface area contributed by atoms with Gasteiger partial charge in [-0.05, 0) is 35.6 Å². The van der Waals surface area contributed by atoms with E-state index < -0.39 is 0 Å². The number of carbonyl (C=O) groups is 2. The Morgan fingerprint density at radius 3 is 2.04 bits per heavy atom. The predicted octanol–water partition coefficient (Wildman–Crippen LogP) is 4.34. The number of amides is 2. The second-order valence-electron chi connectivity index (χ2n) is 6.03. The Balaban J connectivity index is 1.99. The van der Waals surface area contributed by atoms with Gasteiger partial charge in [-0.1, -0.05) is 57.2 Å². The van der Waals surface area contributed by atoms with Gasteiger partial charge in [-0.15, -0.1) is 0 Å². The average Bonchev–Trinajstić information content (AvgIpc) is 2.55. The molecule has 0 saturated heterocycles. The molecule has 0 fully saturated rings. The number of para-hydroxylation sites is 2. The van der Waals surface area contributed by atoms with Gasteiger partial charge >= 0.3 is 0 Å². The van der Waals surface area contributed by atoms with E-state index in [1.807, 2.05) is 55.5 Å². The zero-order valence-corrected chi connectivity index (χ0v) is 14.4. The minimum atomic E-state index is -0.311. The van der Waals surface area contributed by atoms with Crippen molar-refractivity contribution in [2.24, 2.45) is 0 Å². The molecule has 0 heterocycles. The van der Waals surface area contributed by atoms with E-state index in [0.29, 0.717) is 5.92 Å². The van der Waals surface area contributed by atoms with Crippen molar-refractivity contribution in [2.45, 2.75) is 39.5 Å². The van der Waals surface area contributed by atoms with E-state index in [1.165, 1.54) is 0 Å². The molecular weight excluding hydrogens is 300 g/mol. The van der Waals surface area contributed by atoms with E-state index in [9.17, 15) is 9.59 Å². The van der Waals surface area contributed by atoms with Crippen LogP contribution in [0.15, 0.2) is 48.5 Å². The number of aryl methyl sites for hydroxylation is 1. The monoisotopic (exact) mass is 324 g/mol. The van der Waals surface area contributed by atoms with E-state index in [2.05, 4.69) is 24.5 Å². The molecule has 0 aliphatic carbocycles. The fourth-order valence-corrected chi connectivity index (χ4v) is 2.60. The van der Waals surface area contributed by atoms with Crippen molar-refractivity contribution in [1.82, 2.24) is 0 Å². The number of hydrogen-bond acceptors (Lipinski definition) is 2. The first kappa shape index (κ1) is 17.7. The zero-order chi connectivity index (χ0) is 17.5. The molecule has 0 radical (unpaired) electrons. The summed E-state index contributed by atoms with van der Waals surface area (Å²) in [6.07, 6.45) is 0.620. The van der Waals surface area contributed by atoms with Gasteiger partial charge in [0.25, 0.3) is 0 Å². The summed E-state index contributed by atoms with van der Waals surface area (Å²) in [6, 6.07) is 15.3. The number of nitrogens with one attached hydrogen (secondary N) is 2. The molecule has 2 N–H and O–H groups in total. The summed E-state index contributed by atoms with van der Waals surface area (Å²) in [5, 5.41) is 5.65. The maximum absolute atomic E-state index is 12.2. The minimum Gasteiger partial charge on any atom is -0.325 e. The predicted molar refractivity (Wildman–Crippen MR) is 98.2 cm³/mol. The van der Waals surface area contributed by atoms with E-state index in [4.69, 9.17) is 0 Å². The summed E-state index contributed by atoms with van der Waals surface area (Å²) in [6.45, 7) is 6.17. The Kier molecular flexibility index (Phi) is 6.13. The molecule has 0 unspecified atom stereocenters. The quantitative estimate of drug-likeness (QED) is 0.777. The largest absolute Gasteiger partial charge is 0.325 e. The fraction of sp³-hybridized carbons (Fsp3) is 0.300.